The lowest BCUT2D eigenvalue weighted by Gasteiger charge is -2.05. The van der Waals surface area contributed by atoms with Gasteiger partial charge in [0.1, 0.15) is 0 Å². The minimum absolute atomic E-state index is 0.334. The van der Waals surface area contributed by atoms with Crippen molar-refractivity contribution in [1.29, 1.82) is 0 Å². The highest BCUT2D eigenvalue weighted by atomic mass is 19.1. The maximum Gasteiger partial charge on any atom is 0.250 e. The normalized spacial score (nSPS) is 10.6. The summed E-state index contributed by atoms with van der Waals surface area (Å²) in [5.74, 6) is -1.02. The van der Waals surface area contributed by atoms with Crippen molar-refractivity contribution in [3.05, 3.63) is 65.7 Å². The molecule has 0 spiro atoms. The van der Waals surface area contributed by atoms with Gasteiger partial charge in [-0.05, 0) is 24.6 Å². The van der Waals surface area contributed by atoms with Crippen molar-refractivity contribution in [2.45, 2.75) is 6.92 Å². The molecule has 4 nitrogen and oxygen atoms in total. The van der Waals surface area contributed by atoms with Crippen LogP contribution in [-0.4, -0.2) is 15.9 Å². The third-order valence-corrected chi connectivity index (χ3v) is 3.56. The van der Waals surface area contributed by atoms with Crippen molar-refractivity contribution >= 4 is 5.91 Å². The fraction of sp³-hybridized carbons (Fsp3) is 0.0588. The molecule has 110 valence electrons. The second kappa shape index (κ2) is 5.44. The summed E-state index contributed by atoms with van der Waals surface area (Å²) in [5, 5.41) is 0. The summed E-state index contributed by atoms with van der Waals surface area (Å²) in [6.07, 6.45) is 2.63. The number of carbonyl (C=O) groups excluding carboxylic acids is 1. The highest BCUT2D eigenvalue weighted by molar-refractivity contribution is 6.01. The summed E-state index contributed by atoms with van der Waals surface area (Å²) in [7, 11) is 0. The first-order valence-electron chi connectivity index (χ1n) is 6.76. The van der Waals surface area contributed by atoms with Crippen molar-refractivity contribution in [1.82, 2.24) is 9.97 Å². The average Bonchev–Trinajstić information content (AvgIpc) is 2.93. The van der Waals surface area contributed by atoms with E-state index in [1.807, 2.05) is 31.2 Å². The van der Waals surface area contributed by atoms with Gasteiger partial charge in [0.15, 0.2) is 5.82 Å². The smallest absolute Gasteiger partial charge is 0.250 e. The van der Waals surface area contributed by atoms with E-state index in [-0.39, 0.29) is 0 Å². The maximum absolute atomic E-state index is 13.9. The van der Waals surface area contributed by atoms with Gasteiger partial charge in [0.25, 0.3) is 5.91 Å². The largest absolute Gasteiger partial charge is 0.366 e. The van der Waals surface area contributed by atoms with E-state index in [1.165, 1.54) is 6.20 Å². The fourth-order valence-electron chi connectivity index (χ4n) is 2.45. The topological polar surface area (TPSA) is 71.8 Å². The first-order chi connectivity index (χ1) is 10.6. The van der Waals surface area contributed by atoms with Gasteiger partial charge in [-0.2, -0.15) is 0 Å². The van der Waals surface area contributed by atoms with Crippen LogP contribution in [0.25, 0.3) is 22.5 Å². The summed E-state index contributed by atoms with van der Waals surface area (Å²) in [4.78, 5) is 18.6. The molecule has 0 aliphatic heterocycles. The third kappa shape index (κ3) is 2.37. The summed E-state index contributed by atoms with van der Waals surface area (Å²) >= 11 is 0. The molecule has 0 aliphatic rings. The van der Waals surface area contributed by atoms with Crippen LogP contribution in [0.15, 0.2) is 48.8 Å². The second-order valence-corrected chi connectivity index (χ2v) is 5.01. The standard InChI is InChI=1S/C17H14FN3O/c1-10-4-2-3-5-11(10)16-13(17(19)22)8-15(21-16)12-6-7-20-9-14(12)18/h2-9,21H,1H3,(H2,19,22). The molecule has 2 heterocycles. The molecular formula is C17H14FN3O. The van der Waals surface area contributed by atoms with Gasteiger partial charge in [-0.3, -0.25) is 9.78 Å². The number of rotatable bonds is 3. The zero-order chi connectivity index (χ0) is 15.7. The molecule has 0 atom stereocenters. The molecule has 5 heteroatoms. The molecule has 22 heavy (non-hydrogen) atoms. The van der Waals surface area contributed by atoms with E-state index < -0.39 is 11.7 Å². The predicted molar refractivity (Wildman–Crippen MR) is 82.7 cm³/mol. The van der Waals surface area contributed by atoms with Crippen molar-refractivity contribution in [3.63, 3.8) is 0 Å². The molecule has 0 radical (unpaired) electrons. The summed E-state index contributed by atoms with van der Waals surface area (Å²) < 4.78 is 13.9. The Morgan fingerprint density at radius 3 is 2.68 bits per heavy atom. The van der Waals surface area contributed by atoms with Gasteiger partial charge in [0.2, 0.25) is 0 Å². The van der Waals surface area contributed by atoms with E-state index in [9.17, 15) is 9.18 Å². The van der Waals surface area contributed by atoms with Crippen molar-refractivity contribution < 1.29 is 9.18 Å². The minimum Gasteiger partial charge on any atom is -0.366 e. The number of primary amides is 1. The van der Waals surface area contributed by atoms with E-state index in [4.69, 9.17) is 5.73 Å². The molecule has 1 amide bonds. The Kier molecular flexibility index (Phi) is 3.47. The number of nitrogens with one attached hydrogen (secondary N) is 1. The van der Waals surface area contributed by atoms with Crippen LogP contribution in [-0.2, 0) is 0 Å². The number of pyridine rings is 1. The highest BCUT2D eigenvalue weighted by Gasteiger charge is 2.18. The van der Waals surface area contributed by atoms with Gasteiger partial charge in [-0.1, -0.05) is 24.3 Å². The number of nitrogens with two attached hydrogens (primary N) is 1. The Morgan fingerprint density at radius 1 is 1.23 bits per heavy atom. The quantitative estimate of drug-likeness (QED) is 0.778. The van der Waals surface area contributed by atoms with Crippen LogP contribution in [0.3, 0.4) is 0 Å². The molecule has 0 bridgehead atoms. The maximum atomic E-state index is 13.9. The molecule has 0 saturated heterocycles. The van der Waals surface area contributed by atoms with E-state index in [2.05, 4.69) is 9.97 Å². The fourth-order valence-corrected chi connectivity index (χ4v) is 2.45. The number of carbonyl (C=O) groups is 1. The Morgan fingerprint density at radius 2 is 2.00 bits per heavy atom. The molecule has 0 fully saturated rings. The van der Waals surface area contributed by atoms with Crippen LogP contribution in [0.1, 0.15) is 15.9 Å². The minimum atomic E-state index is -0.560. The van der Waals surface area contributed by atoms with E-state index in [1.54, 1.807) is 12.1 Å². The van der Waals surface area contributed by atoms with Crippen molar-refractivity contribution in [2.24, 2.45) is 5.73 Å². The predicted octanol–water partition coefficient (Wildman–Crippen LogP) is 3.29. The van der Waals surface area contributed by atoms with Crippen LogP contribution in [0.4, 0.5) is 4.39 Å². The third-order valence-electron chi connectivity index (χ3n) is 3.56. The summed E-state index contributed by atoms with van der Waals surface area (Å²) in [6.45, 7) is 1.94. The number of hydrogen-bond donors (Lipinski definition) is 2. The van der Waals surface area contributed by atoms with Crippen molar-refractivity contribution in [2.75, 3.05) is 0 Å². The second-order valence-electron chi connectivity index (χ2n) is 5.01. The van der Waals surface area contributed by atoms with Crippen molar-refractivity contribution in [3.8, 4) is 22.5 Å². The number of benzene rings is 1. The number of aromatic nitrogens is 2. The number of H-pyrrole nitrogens is 1. The van der Waals surface area contributed by atoms with Crippen LogP contribution in [0.2, 0.25) is 0 Å². The van der Waals surface area contributed by atoms with Gasteiger partial charge in [0, 0.05) is 23.0 Å². The van der Waals surface area contributed by atoms with Gasteiger partial charge in [-0.15, -0.1) is 0 Å². The SMILES string of the molecule is Cc1ccccc1-c1[nH]c(-c2ccncc2F)cc1C(N)=O. The molecule has 0 unspecified atom stereocenters. The van der Waals surface area contributed by atoms with E-state index >= 15 is 0 Å². The first kappa shape index (κ1) is 14.0. The lowest BCUT2D eigenvalue weighted by atomic mass is 10.0. The van der Waals surface area contributed by atoms with Crippen LogP contribution in [0.5, 0.6) is 0 Å². The molecule has 3 rings (SSSR count). The van der Waals surface area contributed by atoms with Gasteiger partial charge < -0.3 is 10.7 Å². The van der Waals surface area contributed by atoms with E-state index in [0.29, 0.717) is 22.5 Å². The summed E-state index contributed by atoms with van der Waals surface area (Å²) in [5.41, 5.74) is 9.08. The van der Waals surface area contributed by atoms with Crippen LogP contribution < -0.4 is 5.73 Å². The molecule has 3 N–H and O–H groups in total. The Bertz CT molecular complexity index is 855. The van der Waals surface area contributed by atoms with Crippen LogP contribution in [0, 0.1) is 12.7 Å². The lowest BCUT2D eigenvalue weighted by Crippen LogP contribution is -2.11. The molecule has 2 aromatic heterocycles. The average molecular weight is 295 g/mol. The van der Waals surface area contributed by atoms with E-state index in [0.717, 1.165) is 17.3 Å². The van der Waals surface area contributed by atoms with Gasteiger partial charge in [0.05, 0.1) is 17.5 Å². The summed E-state index contributed by atoms with van der Waals surface area (Å²) in [6, 6.07) is 10.7. The number of halogens is 1. The Balaban J connectivity index is 2.22. The molecule has 3 aromatic rings. The van der Waals surface area contributed by atoms with Crippen LogP contribution >= 0.6 is 0 Å². The number of aromatic amines is 1. The Labute approximate surface area is 126 Å². The highest BCUT2D eigenvalue weighted by Crippen LogP contribution is 2.31. The zero-order valence-corrected chi connectivity index (χ0v) is 11.9. The lowest BCUT2D eigenvalue weighted by molar-refractivity contribution is 0.100. The first-order valence-corrected chi connectivity index (χ1v) is 6.76. The molecular weight excluding hydrogens is 281 g/mol. The monoisotopic (exact) mass is 295 g/mol. The Hall–Kier alpha value is -2.95. The van der Waals surface area contributed by atoms with Gasteiger partial charge >= 0.3 is 0 Å². The molecule has 1 aromatic carbocycles. The molecule has 0 aliphatic carbocycles. The number of hydrogen-bond acceptors (Lipinski definition) is 2. The number of aryl methyl sites for hydroxylation is 1. The molecule has 0 saturated carbocycles. The zero-order valence-electron chi connectivity index (χ0n) is 11.9. The number of amides is 1. The number of nitrogens with zero attached hydrogens (tertiary/aromatic N) is 1. The van der Waals surface area contributed by atoms with Gasteiger partial charge in [-0.25, -0.2) is 4.39 Å².